The van der Waals surface area contributed by atoms with E-state index in [0.29, 0.717) is 0 Å². The van der Waals surface area contributed by atoms with Gasteiger partial charge >= 0.3 is 0 Å². The summed E-state index contributed by atoms with van der Waals surface area (Å²) < 4.78 is 0. The summed E-state index contributed by atoms with van der Waals surface area (Å²) in [6, 6.07) is 0. The monoisotopic (exact) mass is 149 g/mol. The van der Waals surface area contributed by atoms with E-state index in [1.807, 2.05) is 0 Å². The van der Waals surface area contributed by atoms with E-state index >= 15 is 0 Å². The Morgan fingerprint density at radius 2 is 1.00 bits per heavy atom. The highest BCUT2D eigenvalue weighted by Gasteiger charge is 2.23. The molecule has 0 unspecified atom stereocenters. The topological polar surface area (TPSA) is 0 Å². The summed E-state index contributed by atoms with van der Waals surface area (Å²) in [4.78, 5) is 0. The Balaban J connectivity index is 1.71. The molecule has 2 rings (SSSR count). The normalized spacial score (nSPS) is 28.0. The van der Waals surface area contributed by atoms with Gasteiger partial charge in [0.2, 0.25) is 0 Å². The fraction of sp³-hybridized carbons (Fsp3) is 1.00. The zero-order valence-corrected chi connectivity index (χ0v) is 7.39. The molecule has 0 nitrogen and oxygen atoms in total. The van der Waals surface area contributed by atoms with Gasteiger partial charge in [0.25, 0.3) is 0 Å². The van der Waals surface area contributed by atoms with E-state index in [0.717, 1.165) is 11.6 Å². The van der Waals surface area contributed by atoms with Crippen LogP contribution in [-0.4, -0.2) is 7.28 Å². The summed E-state index contributed by atoms with van der Waals surface area (Å²) in [5.74, 6) is 2.02. The molecular formula is C10H18B. The Hall–Kier alpha value is 0.0649. The second kappa shape index (κ2) is 3.64. The minimum absolute atomic E-state index is 1.01. The summed E-state index contributed by atoms with van der Waals surface area (Å²) in [5, 5.41) is 0. The van der Waals surface area contributed by atoms with Crippen molar-refractivity contribution in [2.24, 2.45) is 0 Å². The Bertz CT molecular complexity index is 96.0. The molecule has 0 aromatic rings. The van der Waals surface area contributed by atoms with Crippen molar-refractivity contribution < 1.29 is 0 Å². The maximum Gasteiger partial charge on any atom is 0.117 e. The minimum Gasteiger partial charge on any atom is -0.0686 e. The SMILES string of the molecule is [B](C1CCCC1)C1CCCC1. The van der Waals surface area contributed by atoms with Crippen molar-refractivity contribution in [3.8, 4) is 0 Å². The van der Waals surface area contributed by atoms with Crippen molar-refractivity contribution in [3.63, 3.8) is 0 Å². The molecular weight excluding hydrogens is 131 g/mol. The van der Waals surface area contributed by atoms with E-state index < -0.39 is 0 Å². The second-order valence-corrected chi connectivity index (χ2v) is 4.28. The molecule has 0 aromatic carbocycles. The van der Waals surface area contributed by atoms with Crippen LogP contribution in [0.25, 0.3) is 0 Å². The first-order chi connectivity index (χ1) is 5.45. The molecule has 0 heterocycles. The van der Waals surface area contributed by atoms with E-state index in [4.69, 9.17) is 0 Å². The van der Waals surface area contributed by atoms with Gasteiger partial charge in [0.05, 0.1) is 0 Å². The van der Waals surface area contributed by atoms with Gasteiger partial charge < -0.3 is 0 Å². The van der Waals surface area contributed by atoms with Crippen LogP contribution >= 0.6 is 0 Å². The first-order valence-electron chi connectivity index (χ1n) is 5.30. The van der Waals surface area contributed by atoms with Gasteiger partial charge in [0.15, 0.2) is 0 Å². The zero-order chi connectivity index (χ0) is 7.52. The van der Waals surface area contributed by atoms with E-state index in [1.54, 1.807) is 0 Å². The number of hydrogen-bond donors (Lipinski definition) is 0. The number of hydrogen-bond acceptors (Lipinski definition) is 0. The van der Waals surface area contributed by atoms with Crippen LogP contribution in [0.5, 0.6) is 0 Å². The third-order valence-corrected chi connectivity index (χ3v) is 3.34. The Morgan fingerprint density at radius 3 is 1.36 bits per heavy atom. The Morgan fingerprint density at radius 1 is 0.636 bits per heavy atom. The predicted octanol–water partition coefficient (Wildman–Crippen LogP) is 3.42. The predicted molar refractivity (Wildman–Crippen MR) is 50.2 cm³/mol. The summed E-state index contributed by atoms with van der Waals surface area (Å²) in [7, 11) is 2.68. The molecule has 2 fully saturated rings. The van der Waals surface area contributed by atoms with Crippen LogP contribution in [0.4, 0.5) is 0 Å². The smallest absolute Gasteiger partial charge is 0.0686 e. The summed E-state index contributed by atoms with van der Waals surface area (Å²) in [6.45, 7) is 0. The molecule has 2 aliphatic carbocycles. The number of rotatable bonds is 2. The van der Waals surface area contributed by atoms with Crippen LogP contribution in [0.15, 0.2) is 0 Å². The molecule has 0 saturated heterocycles. The summed E-state index contributed by atoms with van der Waals surface area (Å²) in [6.07, 6.45) is 12.0. The molecule has 0 aromatic heterocycles. The van der Waals surface area contributed by atoms with Crippen molar-refractivity contribution in [2.75, 3.05) is 0 Å². The Labute approximate surface area is 71.0 Å². The van der Waals surface area contributed by atoms with Crippen molar-refractivity contribution in [1.29, 1.82) is 0 Å². The lowest BCUT2D eigenvalue weighted by Gasteiger charge is -2.12. The second-order valence-electron chi connectivity index (χ2n) is 4.28. The molecule has 0 bridgehead atoms. The van der Waals surface area contributed by atoms with Crippen LogP contribution < -0.4 is 0 Å². The van der Waals surface area contributed by atoms with Crippen LogP contribution in [-0.2, 0) is 0 Å². The molecule has 61 valence electrons. The maximum atomic E-state index is 2.68. The highest BCUT2D eigenvalue weighted by molar-refractivity contribution is 6.39. The van der Waals surface area contributed by atoms with E-state index in [-0.39, 0.29) is 0 Å². The van der Waals surface area contributed by atoms with Gasteiger partial charge in [-0.2, -0.15) is 0 Å². The fourth-order valence-corrected chi connectivity index (χ4v) is 2.68. The van der Waals surface area contributed by atoms with E-state index in [2.05, 4.69) is 7.28 Å². The molecule has 0 atom stereocenters. The largest absolute Gasteiger partial charge is 0.117 e. The van der Waals surface area contributed by atoms with Crippen molar-refractivity contribution >= 4 is 7.28 Å². The average Bonchev–Trinajstić information content (AvgIpc) is 2.60. The highest BCUT2D eigenvalue weighted by Crippen LogP contribution is 2.37. The molecule has 0 spiro atoms. The molecule has 2 saturated carbocycles. The lowest BCUT2D eigenvalue weighted by Crippen LogP contribution is -2.05. The first-order valence-corrected chi connectivity index (χ1v) is 5.30. The molecule has 2 aliphatic rings. The van der Waals surface area contributed by atoms with Crippen molar-refractivity contribution in [2.45, 2.75) is 63.0 Å². The van der Waals surface area contributed by atoms with Gasteiger partial charge in [-0.25, -0.2) is 0 Å². The molecule has 1 heteroatoms. The molecule has 0 amide bonds. The van der Waals surface area contributed by atoms with E-state index in [9.17, 15) is 0 Å². The first kappa shape index (κ1) is 7.70. The fourth-order valence-electron chi connectivity index (χ4n) is 2.68. The quantitative estimate of drug-likeness (QED) is 0.527. The van der Waals surface area contributed by atoms with Crippen molar-refractivity contribution in [1.82, 2.24) is 0 Å². The van der Waals surface area contributed by atoms with Gasteiger partial charge in [-0.3, -0.25) is 0 Å². The van der Waals surface area contributed by atoms with Crippen LogP contribution in [0, 0.1) is 0 Å². The standard InChI is InChI=1S/C10H18B/c1-2-6-9(5-1)11-10-7-3-4-8-10/h9-10H,1-8H2. The van der Waals surface area contributed by atoms with Gasteiger partial charge in [-0.1, -0.05) is 63.0 Å². The lowest BCUT2D eigenvalue weighted by molar-refractivity contribution is 0.796. The zero-order valence-electron chi connectivity index (χ0n) is 7.39. The van der Waals surface area contributed by atoms with Gasteiger partial charge in [0.1, 0.15) is 7.28 Å². The van der Waals surface area contributed by atoms with Crippen LogP contribution in [0.1, 0.15) is 51.4 Å². The van der Waals surface area contributed by atoms with Gasteiger partial charge in [-0.05, 0) is 0 Å². The van der Waals surface area contributed by atoms with Crippen LogP contribution in [0.3, 0.4) is 0 Å². The summed E-state index contributed by atoms with van der Waals surface area (Å²) in [5.41, 5.74) is 0. The van der Waals surface area contributed by atoms with Crippen molar-refractivity contribution in [3.05, 3.63) is 0 Å². The third-order valence-electron chi connectivity index (χ3n) is 3.34. The summed E-state index contributed by atoms with van der Waals surface area (Å²) >= 11 is 0. The van der Waals surface area contributed by atoms with Gasteiger partial charge in [0, 0.05) is 0 Å². The van der Waals surface area contributed by atoms with E-state index in [1.165, 1.54) is 51.4 Å². The molecule has 0 aliphatic heterocycles. The lowest BCUT2D eigenvalue weighted by atomic mass is 9.53. The highest BCUT2D eigenvalue weighted by atomic mass is 14.2. The maximum absolute atomic E-state index is 2.68. The van der Waals surface area contributed by atoms with Crippen LogP contribution in [0.2, 0.25) is 11.6 Å². The molecule has 1 radical (unpaired) electrons. The average molecular weight is 149 g/mol. The molecule has 11 heavy (non-hydrogen) atoms. The molecule has 0 N–H and O–H groups in total. The minimum atomic E-state index is 1.01. The Kier molecular flexibility index (Phi) is 2.55. The van der Waals surface area contributed by atoms with Gasteiger partial charge in [-0.15, -0.1) is 0 Å². The third kappa shape index (κ3) is 2.01.